The lowest BCUT2D eigenvalue weighted by Gasteiger charge is -2.23. The largest absolute Gasteiger partial charge is 0.497 e. The topological polar surface area (TPSA) is 64.8 Å². The molecule has 1 atom stereocenters. The number of carbonyl (C=O) groups is 1. The number of anilines is 1. The summed E-state index contributed by atoms with van der Waals surface area (Å²) in [6.45, 7) is 1.27. The zero-order chi connectivity index (χ0) is 20.5. The summed E-state index contributed by atoms with van der Waals surface area (Å²) in [6, 6.07) is 13.6. The van der Waals surface area contributed by atoms with Crippen molar-refractivity contribution in [1.29, 1.82) is 0 Å². The monoisotopic (exact) mass is 422 g/mol. The van der Waals surface area contributed by atoms with Crippen LogP contribution in [0, 0.1) is 0 Å². The van der Waals surface area contributed by atoms with Crippen LogP contribution in [0.15, 0.2) is 53.1 Å². The average molecular weight is 423 g/mol. The van der Waals surface area contributed by atoms with Crippen LogP contribution in [-0.2, 0) is 16.0 Å². The maximum Gasteiger partial charge on any atom is 0.233 e. The van der Waals surface area contributed by atoms with E-state index >= 15 is 0 Å². The molecule has 6 nitrogen and oxygen atoms in total. The Morgan fingerprint density at radius 2 is 2.20 bits per heavy atom. The Morgan fingerprint density at radius 3 is 3.00 bits per heavy atom. The molecule has 4 aromatic rings. The second kappa shape index (κ2) is 8.08. The number of furan rings is 1. The maximum absolute atomic E-state index is 13.4. The zero-order valence-electron chi connectivity index (χ0n) is 16.7. The summed E-state index contributed by atoms with van der Waals surface area (Å²) in [4.78, 5) is 19.9. The highest BCUT2D eigenvalue weighted by molar-refractivity contribution is 7.22. The van der Waals surface area contributed by atoms with Crippen LogP contribution >= 0.6 is 11.3 Å². The van der Waals surface area contributed by atoms with Crippen LogP contribution in [0.5, 0.6) is 5.75 Å². The van der Waals surface area contributed by atoms with Crippen LogP contribution in [0.2, 0.25) is 0 Å². The molecule has 0 spiro atoms. The van der Waals surface area contributed by atoms with E-state index in [0.717, 1.165) is 46.4 Å². The number of methoxy groups -OCH3 is 1. The fourth-order valence-corrected chi connectivity index (χ4v) is 4.83. The van der Waals surface area contributed by atoms with Gasteiger partial charge in [-0.15, -0.1) is 0 Å². The Hall–Kier alpha value is -2.90. The van der Waals surface area contributed by atoms with Crippen molar-refractivity contribution in [3.05, 3.63) is 54.3 Å². The van der Waals surface area contributed by atoms with Crippen molar-refractivity contribution < 1.29 is 18.7 Å². The Labute approximate surface area is 178 Å². The average Bonchev–Trinajstić information content (AvgIpc) is 3.51. The molecule has 0 unspecified atom stereocenters. The summed E-state index contributed by atoms with van der Waals surface area (Å²) in [7, 11) is 1.62. The summed E-state index contributed by atoms with van der Waals surface area (Å²) in [5, 5.41) is 1.64. The van der Waals surface area contributed by atoms with Gasteiger partial charge in [0.2, 0.25) is 5.91 Å². The van der Waals surface area contributed by atoms with Crippen LogP contribution in [0.25, 0.3) is 21.2 Å². The van der Waals surface area contributed by atoms with Crippen molar-refractivity contribution in [2.75, 3.05) is 25.2 Å². The van der Waals surface area contributed by atoms with Gasteiger partial charge in [0.05, 0.1) is 42.7 Å². The van der Waals surface area contributed by atoms with Crippen LogP contribution in [0.3, 0.4) is 0 Å². The zero-order valence-corrected chi connectivity index (χ0v) is 17.5. The molecule has 0 aliphatic carbocycles. The van der Waals surface area contributed by atoms with Crippen molar-refractivity contribution in [2.24, 2.45) is 0 Å². The highest BCUT2D eigenvalue weighted by atomic mass is 32.1. The first-order valence-corrected chi connectivity index (χ1v) is 10.8. The summed E-state index contributed by atoms with van der Waals surface area (Å²) in [6.07, 6.45) is 3.93. The molecule has 5 rings (SSSR count). The highest BCUT2D eigenvalue weighted by Gasteiger charge is 2.27. The molecule has 2 aromatic carbocycles. The lowest BCUT2D eigenvalue weighted by atomic mass is 10.1. The van der Waals surface area contributed by atoms with Gasteiger partial charge in [-0.1, -0.05) is 23.5 Å². The second-order valence-electron chi connectivity index (χ2n) is 7.40. The Bertz CT molecular complexity index is 1160. The van der Waals surface area contributed by atoms with E-state index in [1.165, 1.54) is 11.3 Å². The van der Waals surface area contributed by atoms with Gasteiger partial charge in [0.25, 0.3) is 0 Å². The minimum absolute atomic E-state index is 0.0110. The molecule has 1 aliphatic rings. The molecule has 0 N–H and O–H groups in total. The molecule has 2 aromatic heterocycles. The third-order valence-electron chi connectivity index (χ3n) is 5.43. The second-order valence-corrected chi connectivity index (χ2v) is 8.41. The first-order valence-electron chi connectivity index (χ1n) is 10.0. The van der Waals surface area contributed by atoms with E-state index in [1.54, 1.807) is 18.3 Å². The van der Waals surface area contributed by atoms with E-state index < -0.39 is 0 Å². The molecule has 7 heteroatoms. The van der Waals surface area contributed by atoms with E-state index in [0.29, 0.717) is 17.3 Å². The number of nitrogens with zero attached hydrogens (tertiary/aromatic N) is 2. The fraction of sp³-hybridized carbons (Fsp3) is 0.304. The molecule has 0 bridgehead atoms. The minimum Gasteiger partial charge on any atom is -0.497 e. The van der Waals surface area contributed by atoms with E-state index in [2.05, 4.69) is 0 Å². The molecule has 30 heavy (non-hydrogen) atoms. The van der Waals surface area contributed by atoms with Gasteiger partial charge >= 0.3 is 0 Å². The smallest absolute Gasteiger partial charge is 0.233 e. The molecular formula is C23H22N2O4S. The Balaban J connectivity index is 1.45. The summed E-state index contributed by atoms with van der Waals surface area (Å²) >= 11 is 1.54. The number of rotatable bonds is 6. The number of benzene rings is 2. The van der Waals surface area contributed by atoms with E-state index in [9.17, 15) is 4.79 Å². The molecule has 0 saturated carbocycles. The molecule has 3 heterocycles. The number of amides is 1. The number of thiazole rings is 1. The fourth-order valence-electron chi connectivity index (χ4n) is 3.84. The third-order valence-corrected chi connectivity index (χ3v) is 6.49. The van der Waals surface area contributed by atoms with Gasteiger partial charge < -0.3 is 13.9 Å². The number of ether oxygens (including phenoxy) is 2. The molecule has 154 valence electrons. The Morgan fingerprint density at radius 1 is 1.30 bits per heavy atom. The number of carbonyl (C=O) groups excluding carboxylic acids is 1. The normalized spacial score (nSPS) is 16.4. The number of hydrogen-bond acceptors (Lipinski definition) is 6. The molecule has 1 saturated heterocycles. The first kappa shape index (κ1) is 19.1. The molecule has 1 aliphatic heterocycles. The molecular weight excluding hydrogens is 400 g/mol. The molecule has 1 amide bonds. The predicted molar refractivity (Wildman–Crippen MR) is 117 cm³/mol. The van der Waals surface area contributed by atoms with Crippen molar-refractivity contribution >= 4 is 43.6 Å². The van der Waals surface area contributed by atoms with Crippen molar-refractivity contribution in [2.45, 2.75) is 25.4 Å². The van der Waals surface area contributed by atoms with Gasteiger partial charge in [-0.25, -0.2) is 4.98 Å². The van der Waals surface area contributed by atoms with E-state index in [4.69, 9.17) is 18.9 Å². The minimum atomic E-state index is -0.0110. The van der Waals surface area contributed by atoms with Crippen LogP contribution in [-0.4, -0.2) is 37.3 Å². The van der Waals surface area contributed by atoms with Gasteiger partial charge in [-0.2, -0.15) is 0 Å². The quantitative estimate of drug-likeness (QED) is 0.446. The number of para-hydroxylation sites is 1. The van der Waals surface area contributed by atoms with Crippen molar-refractivity contribution in [3.63, 3.8) is 0 Å². The maximum atomic E-state index is 13.4. The van der Waals surface area contributed by atoms with Gasteiger partial charge in [0.15, 0.2) is 5.13 Å². The van der Waals surface area contributed by atoms with Gasteiger partial charge in [-0.05, 0) is 37.1 Å². The van der Waals surface area contributed by atoms with Crippen LogP contribution in [0.1, 0.15) is 18.4 Å². The Kier molecular flexibility index (Phi) is 5.14. The van der Waals surface area contributed by atoms with Crippen LogP contribution < -0.4 is 9.64 Å². The van der Waals surface area contributed by atoms with Crippen molar-refractivity contribution in [1.82, 2.24) is 4.98 Å². The van der Waals surface area contributed by atoms with Crippen molar-refractivity contribution in [3.8, 4) is 5.75 Å². The van der Waals surface area contributed by atoms with Crippen LogP contribution in [0.4, 0.5) is 5.13 Å². The molecule has 0 radical (unpaired) electrons. The lowest BCUT2D eigenvalue weighted by Crippen LogP contribution is -2.38. The van der Waals surface area contributed by atoms with E-state index in [1.807, 2.05) is 42.5 Å². The number of fused-ring (bicyclic) bond motifs is 2. The third kappa shape index (κ3) is 3.66. The van der Waals surface area contributed by atoms with Gasteiger partial charge in [0, 0.05) is 23.6 Å². The SMILES string of the molecule is COc1ccc2c(CC(=O)N(C[C@@H]3CCCO3)c3nc4ccccc4s3)coc2c1. The summed E-state index contributed by atoms with van der Waals surface area (Å²) in [5.41, 5.74) is 2.47. The molecule has 1 fully saturated rings. The first-order chi connectivity index (χ1) is 14.7. The lowest BCUT2D eigenvalue weighted by molar-refractivity contribution is -0.118. The standard InChI is InChI=1S/C23H22N2O4S/c1-27-16-8-9-18-15(14-29-20(18)12-16)11-22(26)25(13-17-5-4-10-28-17)23-24-19-6-2-3-7-21(19)30-23/h2-3,6-9,12,14,17H,4-5,10-11,13H2,1H3/t17-/m0/s1. The highest BCUT2D eigenvalue weighted by Crippen LogP contribution is 2.31. The van der Waals surface area contributed by atoms with Gasteiger partial charge in [-0.3, -0.25) is 9.69 Å². The summed E-state index contributed by atoms with van der Waals surface area (Å²) in [5.74, 6) is 0.715. The van der Waals surface area contributed by atoms with E-state index in [-0.39, 0.29) is 18.4 Å². The summed E-state index contributed by atoms with van der Waals surface area (Å²) < 4.78 is 17.8. The van der Waals surface area contributed by atoms with Gasteiger partial charge in [0.1, 0.15) is 11.3 Å². The predicted octanol–water partition coefficient (Wildman–Crippen LogP) is 4.81. The number of hydrogen-bond donors (Lipinski definition) is 0. The number of aromatic nitrogens is 1.